The highest BCUT2D eigenvalue weighted by Crippen LogP contribution is 2.19. The van der Waals surface area contributed by atoms with Crippen LogP contribution < -0.4 is 10.5 Å². The Morgan fingerprint density at radius 1 is 1.20 bits per heavy atom. The Bertz CT molecular complexity index is 693. The molecular weight excluding hydrogens is 451 g/mol. The molecule has 0 saturated carbocycles. The van der Waals surface area contributed by atoms with Crippen molar-refractivity contribution in [1.29, 1.82) is 0 Å². The Kier molecular flexibility index (Phi) is 8.14. The number of sulfonamides is 1. The molecule has 0 aliphatic carbocycles. The van der Waals surface area contributed by atoms with E-state index in [1.165, 1.54) is 6.42 Å². The van der Waals surface area contributed by atoms with Gasteiger partial charge in [-0.3, -0.25) is 0 Å². The van der Waals surface area contributed by atoms with E-state index >= 15 is 0 Å². The Hall–Kier alpha value is -0.870. The zero-order chi connectivity index (χ0) is 17.8. The summed E-state index contributed by atoms with van der Waals surface area (Å²) in [6.07, 6.45) is 3.47. The number of nitrogens with two attached hydrogens (primary N) is 1. The summed E-state index contributed by atoms with van der Waals surface area (Å²) in [5, 5.41) is 0. The van der Waals surface area contributed by atoms with Gasteiger partial charge in [-0.15, -0.1) is 24.0 Å². The molecule has 3 N–H and O–H groups in total. The second-order valence-electron chi connectivity index (χ2n) is 7.19. The van der Waals surface area contributed by atoms with Gasteiger partial charge in [0.15, 0.2) is 5.96 Å². The van der Waals surface area contributed by atoms with Gasteiger partial charge in [-0.1, -0.05) is 18.2 Å². The van der Waals surface area contributed by atoms with Gasteiger partial charge in [0.05, 0.1) is 11.4 Å². The molecule has 2 rings (SSSR count). The van der Waals surface area contributed by atoms with Crippen molar-refractivity contribution in [2.45, 2.75) is 57.0 Å². The van der Waals surface area contributed by atoms with Crippen molar-refractivity contribution in [2.75, 3.05) is 13.1 Å². The maximum absolute atomic E-state index is 12.6. The van der Waals surface area contributed by atoms with E-state index < -0.39 is 15.6 Å². The number of aliphatic imine (C=N–C) groups is 1. The predicted octanol–water partition coefficient (Wildman–Crippen LogP) is 2.68. The number of rotatable bonds is 4. The summed E-state index contributed by atoms with van der Waals surface area (Å²) in [5.41, 5.74) is 6.18. The van der Waals surface area contributed by atoms with Gasteiger partial charge in [0.2, 0.25) is 10.0 Å². The summed E-state index contributed by atoms with van der Waals surface area (Å²) < 4.78 is 27.9. The van der Waals surface area contributed by atoms with E-state index in [9.17, 15) is 8.42 Å². The number of benzene rings is 1. The molecule has 0 spiro atoms. The third-order valence-corrected chi connectivity index (χ3v) is 5.65. The maximum Gasteiger partial charge on any atom is 0.241 e. The molecule has 1 aliphatic rings. The highest BCUT2D eigenvalue weighted by molar-refractivity contribution is 14.0. The van der Waals surface area contributed by atoms with Crippen LogP contribution in [0.2, 0.25) is 0 Å². The number of piperidine rings is 1. The Balaban J connectivity index is 0.00000312. The van der Waals surface area contributed by atoms with Gasteiger partial charge < -0.3 is 10.6 Å². The molecule has 0 aromatic heterocycles. The van der Waals surface area contributed by atoms with Gasteiger partial charge in [0.1, 0.15) is 0 Å². The lowest BCUT2D eigenvalue weighted by atomic mass is 10.1. The lowest BCUT2D eigenvalue weighted by Crippen LogP contribution is -2.41. The van der Waals surface area contributed by atoms with Crippen molar-refractivity contribution in [3.63, 3.8) is 0 Å². The number of guanidine groups is 1. The smallest absolute Gasteiger partial charge is 0.241 e. The van der Waals surface area contributed by atoms with Crippen LogP contribution in [0, 0.1) is 0 Å². The van der Waals surface area contributed by atoms with E-state index in [1.54, 1.807) is 18.2 Å². The fraction of sp³-hybridized carbons (Fsp3) is 0.588. The molecule has 1 aromatic rings. The molecule has 0 bridgehead atoms. The van der Waals surface area contributed by atoms with Crippen LogP contribution >= 0.6 is 24.0 Å². The number of nitrogens with one attached hydrogen (secondary N) is 1. The van der Waals surface area contributed by atoms with Crippen LogP contribution in [0.1, 0.15) is 45.6 Å². The highest BCUT2D eigenvalue weighted by Gasteiger charge is 2.24. The summed E-state index contributed by atoms with van der Waals surface area (Å²) in [6, 6.07) is 6.93. The standard InChI is InChI=1S/C17H28N4O2S.HI/c1-17(2,3)20-24(22,23)15-10-6-5-9-14(15)13-19-16(18)21-11-7-4-8-12-21;/h5-6,9-10,20H,4,7-8,11-13H2,1-3H3,(H2,18,19);1H. The van der Waals surface area contributed by atoms with Crippen LogP contribution in [-0.2, 0) is 16.6 Å². The van der Waals surface area contributed by atoms with Gasteiger partial charge in [-0.05, 0) is 51.7 Å². The van der Waals surface area contributed by atoms with Crippen molar-refractivity contribution in [2.24, 2.45) is 10.7 Å². The third kappa shape index (κ3) is 6.74. The van der Waals surface area contributed by atoms with Crippen LogP contribution in [0.15, 0.2) is 34.2 Å². The molecule has 0 radical (unpaired) electrons. The number of halogens is 1. The quantitative estimate of drug-likeness (QED) is 0.394. The number of hydrogen-bond donors (Lipinski definition) is 2. The summed E-state index contributed by atoms with van der Waals surface area (Å²) in [6.45, 7) is 7.55. The topological polar surface area (TPSA) is 87.8 Å². The van der Waals surface area contributed by atoms with E-state index in [4.69, 9.17) is 5.73 Å². The average Bonchev–Trinajstić information content (AvgIpc) is 2.51. The molecule has 1 saturated heterocycles. The molecule has 0 unspecified atom stereocenters. The Morgan fingerprint density at radius 3 is 2.40 bits per heavy atom. The zero-order valence-electron chi connectivity index (χ0n) is 15.2. The van der Waals surface area contributed by atoms with E-state index in [2.05, 4.69) is 14.6 Å². The van der Waals surface area contributed by atoms with E-state index in [1.807, 2.05) is 26.8 Å². The van der Waals surface area contributed by atoms with Crippen LogP contribution in [-0.4, -0.2) is 37.9 Å². The molecule has 25 heavy (non-hydrogen) atoms. The summed E-state index contributed by atoms with van der Waals surface area (Å²) in [5.74, 6) is 0.491. The van der Waals surface area contributed by atoms with E-state index in [0.29, 0.717) is 11.5 Å². The van der Waals surface area contributed by atoms with E-state index in [-0.39, 0.29) is 35.4 Å². The molecule has 0 atom stereocenters. The molecule has 1 heterocycles. The lowest BCUT2D eigenvalue weighted by molar-refractivity contribution is 0.338. The molecule has 1 aromatic carbocycles. The second kappa shape index (κ2) is 9.18. The van der Waals surface area contributed by atoms with Crippen molar-refractivity contribution >= 4 is 40.0 Å². The minimum atomic E-state index is -3.60. The molecule has 1 aliphatic heterocycles. The first-order valence-electron chi connectivity index (χ1n) is 8.36. The first-order valence-corrected chi connectivity index (χ1v) is 9.84. The SMILES string of the molecule is CC(C)(C)NS(=O)(=O)c1ccccc1CN=C(N)N1CCCCC1.I. The molecule has 1 fully saturated rings. The van der Waals surface area contributed by atoms with Crippen molar-refractivity contribution < 1.29 is 8.42 Å². The third-order valence-electron chi connectivity index (χ3n) is 3.79. The average molecular weight is 480 g/mol. The fourth-order valence-electron chi connectivity index (χ4n) is 2.74. The first kappa shape index (κ1) is 22.2. The minimum absolute atomic E-state index is 0. The lowest BCUT2D eigenvalue weighted by Gasteiger charge is -2.27. The molecule has 6 nitrogen and oxygen atoms in total. The van der Waals surface area contributed by atoms with Gasteiger partial charge in [-0.25, -0.2) is 18.1 Å². The number of hydrogen-bond acceptors (Lipinski definition) is 3. The minimum Gasteiger partial charge on any atom is -0.370 e. The van der Waals surface area contributed by atoms with Crippen LogP contribution in [0.3, 0.4) is 0 Å². The second-order valence-corrected chi connectivity index (χ2v) is 8.84. The monoisotopic (exact) mass is 480 g/mol. The maximum atomic E-state index is 12.6. The van der Waals surface area contributed by atoms with E-state index in [0.717, 1.165) is 25.9 Å². The summed E-state index contributed by atoms with van der Waals surface area (Å²) in [7, 11) is -3.60. The van der Waals surface area contributed by atoms with Gasteiger partial charge in [-0.2, -0.15) is 0 Å². The molecule has 8 heteroatoms. The zero-order valence-corrected chi connectivity index (χ0v) is 18.3. The van der Waals surface area contributed by atoms with Crippen LogP contribution in [0.25, 0.3) is 0 Å². The van der Waals surface area contributed by atoms with Gasteiger partial charge in [0.25, 0.3) is 0 Å². The summed E-state index contributed by atoms with van der Waals surface area (Å²) >= 11 is 0. The van der Waals surface area contributed by atoms with Crippen molar-refractivity contribution in [3.05, 3.63) is 29.8 Å². The number of nitrogens with zero attached hydrogens (tertiary/aromatic N) is 2. The Labute approximate surface area is 168 Å². The largest absolute Gasteiger partial charge is 0.370 e. The molecule has 0 amide bonds. The predicted molar refractivity (Wildman–Crippen MR) is 113 cm³/mol. The number of likely N-dealkylation sites (tertiary alicyclic amines) is 1. The summed E-state index contributed by atoms with van der Waals surface area (Å²) in [4.78, 5) is 6.74. The molecule has 142 valence electrons. The highest BCUT2D eigenvalue weighted by atomic mass is 127. The van der Waals surface area contributed by atoms with Crippen molar-refractivity contribution in [1.82, 2.24) is 9.62 Å². The first-order chi connectivity index (χ1) is 11.2. The molecular formula is C17H29IN4O2S. The normalized spacial score (nSPS) is 16.4. The van der Waals surface area contributed by atoms with Crippen LogP contribution in [0.5, 0.6) is 0 Å². The van der Waals surface area contributed by atoms with Gasteiger partial charge in [0, 0.05) is 18.6 Å². The van der Waals surface area contributed by atoms with Gasteiger partial charge >= 0.3 is 0 Å². The fourth-order valence-corrected chi connectivity index (χ4v) is 4.40. The van der Waals surface area contributed by atoms with Crippen molar-refractivity contribution in [3.8, 4) is 0 Å². The Morgan fingerprint density at radius 2 is 1.80 bits per heavy atom. The van der Waals surface area contributed by atoms with Crippen LogP contribution in [0.4, 0.5) is 0 Å².